The van der Waals surface area contributed by atoms with E-state index in [1.165, 1.54) is 0 Å². The van der Waals surface area contributed by atoms with Gasteiger partial charge in [-0.15, -0.1) is 11.3 Å². The van der Waals surface area contributed by atoms with Crippen LogP contribution in [-0.2, 0) is 23.2 Å². The number of hydrogen-bond donors (Lipinski definition) is 2. The second kappa shape index (κ2) is 8.57. The van der Waals surface area contributed by atoms with E-state index in [0.717, 1.165) is 44.2 Å². The van der Waals surface area contributed by atoms with Crippen LogP contribution >= 0.6 is 11.3 Å². The first kappa shape index (κ1) is 21.6. The van der Waals surface area contributed by atoms with Crippen molar-refractivity contribution in [2.45, 2.75) is 38.7 Å². The number of carbonyl (C=O) groups excluding carboxylic acids is 1. The summed E-state index contributed by atoms with van der Waals surface area (Å²) >= 11 is 1.58. The second-order valence-corrected chi connectivity index (χ2v) is 9.59. The molecule has 6 nitrogen and oxygen atoms in total. The highest BCUT2D eigenvalue weighted by molar-refractivity contribution is 7.09. The number of para-hydroxylation sites is 1. The van der Waals surface area contributed by atoms with Crippen molar-refractivity contribution in [2.75, 3.05) is 0 Å². The molecule has 1 aliphatic rings. The first-order chi connectivity index (χ1) is 16.0. The van der Waals surface area contributed by atoms with Gasteiger partial charge in [0.2, 0.25) is 5.91 Å². The number of nitrogens with zero attached hydrogens (tertiary/aromatic N) is 2. The van der Waals surface area contributed by atoms with Crippen molar-refractivity contribution in [2.24, 2.45) is 5.92 Å². The van der Waals surface area contributed by atoms with Crippen LogP contribution in [0.5, 0.6) is 5.75 Å². The zero-order chi connectivity index (χ0) is 23.0. The number of hydrogen-bond acceptors (Lipinski definition) is 6. The van der Waals surface area contributed by atoms with Crippen LogP contribution in [0, 0.1) is 19.8 Å². The summed E-state index contributed by atoms with van der Waals surface area (Å²) in [6.45, 7) is 4.41. The number of aryl methyl sites for hydroxylation is 2. The van der Waals surface area contributed by atoms with Gasteiger partial charge in [-0.25, -0.2) is 10.5 Å². The molecule has 33 heavy (non-hydrogen) atoms. The molecule has 1 aliphatic carbocycles. The number of nitrogens with one attached hydrogen (secondary N) is 1. The molecule has 2 N–H and O–H groups in total. The Kier molecular flexibility index (Phi) is 5.60. The van der Waals surface area contributed by atoms with Crippen molar-refractivity contribution < 1.29 is 14.7 Å². The van der Waals surface area contributed by atoms with Crippen LogP contribution in [0.2, 0.25) is 0 Å². The summed E-state index contributed by atoms with van der Waals surface area (Å²) in [5.41, 5.74) is 6.56. The van der Waals surface area contributed by atoms with Gasteiger partial charge in [0.25, 0.3) is 0 Å². The van der Waals surface area contributed by atoms with E-state index in [1.807, 2.05) is 67.2 Å². The first-order valence-electron chi connectivity index (χ1n) is 10.9. The van der Waals surface area contributed by atoms with E-state index < -0.39 is 0 Å². The molecule has 1 saturated carbocycles. The average molecular weight is 460 g/mol. The second-order valence-electron chi connectivity index (χ2n) is 8.73. The number of rotatable bonds is 7. The van der Waals surface area contributed by atoms with Gasteiger partial charge in [0.05, 0.1) is 11.4 Å². The number of ether oxygens (including phenoxy) is 1. The van der Waals surface area contributed by atoms with Crippen LogP contribution in [0.4, 0.5) is 0 Å². The van der Waals surface area contributed by atoms with Gasteiger partial charge in [-0.3, -0.25) is 15.0 Å². The van der Waals surface area contributed by atoms with E-state index >= 15 is 0 Å². The summed E-state index contributed by atoms with van der Waals surface area (Å²) < 4.78 is 6.09. The van der Waals surface area contributed by atoms with Crippen LogP contribution in [0.3, 0.4) is 0 Å². The summed E-state index contributed by atoms with van der Waals surface area (Å²) in [5.74, 6) is 0.173. The normalized spacial score (nSPS) is 19.4. The number of amides is 1. The van der Waals surface area contributed by atoms with Crippen molar-refractivity contribution in [3.8, 4) is 5.75 Å². The molecule has 168 valence electrons. The van der Waals surface area contributed by atoms with Crippen molar-refractivity contribution in [3.05, 3.63) is 87.5 Å². The maximum atomic E-state index is 12.1. The monoisotopic (exact) mass is 459 g/mol. The predicted molar refractivity (Wildman–Crippen MR) is 128 cm³/mol. The Balaban J connectivity index is 1.31. The lowest BCUT2D eigenvalue weighted by Crippen LogP contribution is -2.26. The molecule has 4 aromatic rings. The molecular formula is C26H25N3O3S. The van der Waals surface area contributed by atoms with Crippen LogP contribution in [0.15, 0.2) is 60.0 Å². The fraction of sp³-hybridized carbons (Fsp3) is 0.269. The summed E-state index contributed by atoms with van der Waals surface area (Å²) in [6, 6.07) is 18.2. The summed E-state index contributed by atoms with van der Waals surface area (Å²) in [4.78, 5) is 21.4. The fourth-order valence-electron chi connectivity index (χ4n) is 4.56. The van der Waals surface area contributed by atoms with Crippen LogP contribution in [0.1, 0.15) is 33.9 Å². The highest BCUT2D eigenvalue weighted by Crippen LogP contribution is 2.57. The Morgan fingerprint density at radius 1 is 1.15 bits per heavy atom. The lowest BCUT2D eigenvalue weighted by molar-refractivity contribution is -0.131. The van der Waals surface area contributed by atoms with E-state index in [4.69, 9.17) is 9.94 Å². The molecule has 0 radical (unpaired) electrons. The van der Waals surface area contributed by atoms with E-state index in [2.05, 4.69) is 22.1 Å². The van der Waals surface area contributed by atoms with Crippen molar-refractivity contribution >= 4 is 28.1 Å². The summed E-state index contributed by atoms with van der Waals surface area (Å²) in [6.07, 6.45) is 1.37. The van der Waals surface area contributed by atoms with E-state index in [1.54, 1.807) is 11.3 Å². The molecule has 0 aliphatic heterocycles. The Bertz CT molecular complexity index is 1320. The predicted octanol–water partition coefficient (Wildman–Crippen LogP) is 4.89. The van der Waals surface area contributed by atoms with E-state index in [9.17, 15) is 4.79 Å². The van der Waals surface area contributed by atoms with Gasteiger partial charge >= 0.3 is 0 Å². The van der Waals surface area contributed by atoms with Gasteiger partial charge in [-0.2, -0.15) is 0 Å². The summed E-state index contributed by atoms with van der Waals surface area (Å²) in [5, 5.41) is 13.2. The third-order valence-electron chi connectivity index (χ3n) is 6.31. The molecule has 2 atom stereocenters. The molecule has 7 heteroatoms. The van der Waals surface area contributed by atoms with Gasteiger partial charge in [0, 0.05) is 33.1 Å². The number of carbonyl (C=O) groups is 1. The highest BCUT2D eigenvalue weighted by Gasteiger charge is 2.60. The zero-order valence-corrected chi connectivity index (χ0v) is 19.4. The molecule has 0 saturated heterocycles. The molecule has 5 rings (SSSR count). The number of pyridine rings is 1. The largest absolute Gasteiger partial charge is 0.489 e. The van der Waals surface area contributed by atoms with Crippen molar-refractivity contribution in [3.63, 3.8) is 0 Å². The fourth-order valence-corrected chi connectivity index (χ4v) is 5.62. The van der Waals surface area contributed by atoms with Crippen LogP contribution < -0.4 is 10.2 Å². The SMILES string of the molecule is Cc1csc([C@@]2(Cc3ccc(OCc4cc(C)nc5ccccc45)cc3)C[C@@H]2C(=O)NO)n1. The molecule has 0 spiro atoms. The van der Waals surface area contributed by atoms with E-state index in [-0.39, 0.29) is 17.2 Å². The molecule has 2 aromatic heterocycles. The number of aromatic nitrogens is 2. The van der Waals surface area contributed by atoms with E-state index in [0.29, 0.717) is 19.4 Å². The first-order valence-corrected chi connectivity index (χ1v) is 11.8. The minimum atomic E-state index is -0.360. The van der Waals surface area contributed by atoms with Crippen LogP contribution in [0.25, 0.3) is 10.9 Å². The minimum Gasteiger partial charge on any atom is -0.489 e. The van der Waals surface area contributed by atoms with Gasteiger partial charge in [-0.1, -0.05) is 30.3 Å². The van der Waals surface area contributed by atoms with Gasteiger partial charge in [-0.05, 0) is 56.5 Å². The number of fused-ring (bicyclic) bond motifs is 1. The molecule has 0 unspecified atom stereocenters. The summed E-state index contributed by atoms with van der Waals surface area (Å²) in [7, 11) is 0. The minimum absolute atomic E-state index is 0.271. The Labute approximate surface area is 196 Å². The third kappa shape index (κ3) is 4.21. The lowest BCUT2D eigenvalue weighted by Gasteiger charge is -2.15. The maximum Gasteiger partial charge on any atom is 0.247 e. The average Bonchev–Trinajstić information content (AvgIpc) is 3.38. The number of hydroxylamine groups is 1. The smallest absolute Gasteiger partial charge is 0.247 e. The zero-order valence-electron chi connectivity index (χ0n) is 18.5. The van der Waals surface area contributed by atoms with Crippen molar-refractivity contribution in [1.29, 1.82) is 0 Å². The van der Waals surface area contributed by atoms with Gasteiger partial charge < -0.3 is 4.74 Å². The molecule has 1 amide bonds. The molecule has 2 aromatic carbocycles. The van der Waals surface area contributed by atoms with Gasteiger partial charge in [0.15, 0.2) is 0 Å². The molecule has 1 fully saturated rings. The number of benzene rings is 2. The van der Waals surface area contributed by atoms with Crippen molar-refractivity contribution in [1.82, 2.24) is 15.4 Å². The molecular weight excluding hydrogens is 434 g/mol. The maximum absolute atomic E-state index is 12.1. The molecule has 2 heterocycles. The highest BCUT2D eigenvalue weighted by atomic mass is 32.1. The lowest BCUT2D eigenvalue weighted by atomic mass is 9.94. The van der Waals surface area contributed by atoms with Gasteiger partial charge in [0.1, 0.15) is 17.4 Å². The standard InChI is InChI=1S/C26H25N3O3S/c1-16-11-19(21-5-3-4-6-23(21)27-16)14-32-20-9-7-18(8-10-20)12-26(13-22(26)24(30)29-31)25-28-17(2)15-33-25/h3-11,15,22,31H,12-14H2,1-2H3,(H,29,30)/t22-,26+/m1/s1. The topological polar surface area (TPSA) is 84.3 Å². The third-order valence-corrected chi connectivity index (χ3v) is 7.49. The quantitative estimate of drug-likeness (QED) is 0.304. The Morgan fingerprint density at radius 3 is 2.67 bits per heavy atom. The molecule has 0 bridgehead atoms. The Hall–Kier alpha value is -3.29. The number of thiazole rings is 1. The van der Waals surface area contributed by atoms with Crippen LogP contribution in [-0.4, -0.2) is 21.1 Å². The Morgan fingerprint density at radius 2 is 1.94 bits per heavy atom.